The number of carbonyl (C=O) groups is 1. The van der Waals surface area contributed by atoms with Gasteiger partial charge in [0.2, 0.25) is 0 Å². The molecule has 1 atom stereocenters. The molecule has 28 heavy (non-hydrogen) atoms. The summed E-state index contributed by atoms with van der Waals surface area (Å²) in [6.07, 6.45) is 2.67. The van der Waals surface area contributed by atoms with Crippen molar-refractivity contribution in [2.24, 2.45) is 5.73 Å². The van der Waals surface area contributed by atoms with E-state index in [1.54, 1.807) is 6.07 Å². The van der Waals surface area contributed by atoms with Crippen LogP contribution in [0, 0.1) is 17.1 Å². The number of hydrogen-bond acceptors (Lipinski definition) is 6. The second-order valence-corrected chi connectivity index (χ2v) is 6.20. The summed E-state index contributed by atoms with van der Waals surface area (Å²) < 4.78 is 27.9. The molecule has 0 unspecified atom stereocenters. The van der Waals surface area contributed by atoms with Gasteiger partial charge in [0.25, 0.3) is 0 Å². The number of pyridine rings is 1. The first-order chi connectivity index (χ1) is 13.4. The van der Waals surface area contributed by atoms with Crippen molar-refractivity contribution in [3.05, 3.63) is 53.7 Å². The highest BCUT2D eigenvalue weighted by molar-refractivity contribution is 5.87. The number of benzene rings is 1. The van der Waals surface area contributed by atoms with Crippen LogP contribution in [-0.4, -0.2) is 27.7 Å². The Hall–Kier alpha value is -3.87. The molecule has 2 amide bonds. The molecule has 0 saturated heterocycles. The number of nitrogens with one attached hydrogen (secondary N) is 2. The number of nitrogens with zero attached hydrogens (tertiary/aromatic N) is 4. The second kappa shape index (κ2) is 7.40. The largest absolute Gasteiger partial charge is 0.352 e. The lowest BCUT2D eigenvalue weighted by Gasteiger charge is -2.28. The molecule has 0 aliphatic carbocycles. The van der Waals surface area contributed by atoms with E-state index >= 15 is 0 Å². The topological polar surface area (TPSA) is 130 Å². The third-order valence-electron chi connectivity index (χ3n) is 4.09. The summed E-state index contributed by atoms with van der Waals surface area (Å²) in [5.41, 5.74) is 4.94. The number of anilines is 2. The van der Waals surface area contributed by atoms with Gasteiger partial charge in [-0.3, -0.25) is 0 Å². The van der Waals surface area contributed by atoms with E-state index in [1.165, 1.54) is 31.6 Å². The SMILES string of the molecule is C[C@](CF)(NC(N)=O)c1cc(Nc2ncnc3cc(C#N)cnc23)ccc1F. The lowest BCUT2D eigenvalue weighted by molar-refractivity contribution is 0.221. The average Bonchev–Trinajstić information content (AvgIpc) is 2.68. The first-order valence-electron chi connectivity index (χ1n) is 8.08. The highest BCUT2D eigenvalue weighted by Gasteiger charge is 2.31. The molecule has 3 aromatic rings. The van der Waals surface area contributed by atoms with Gasteiger partial charge in [0.1, 0.15) is 30.4 Å². The summed E-state index contributed by atoms with van der Waals surface area (Å²) >= 11 is 0. The highest BCUT2D eigenvalue weighted by atomic mass is 19.1. The van der Waals surface area contributed by atoms with Gasteiger partial charge in [-0.05, 0) is 31.2 Å². The van der Waals surface area contributed by atoms with Crippen LogP contribution < -0.4 is 16.4 Å². The van der Waals surface area contributed by atoms with Gasteiger partial charge in [0.05, 0.1) is 16.6 Å². The van der Waals surface area contributed by atoms with Crippen LogP contribution in [-0.2, 0) is 5.54 Å². The molecule has 0 saturated carbocycles. The Kier molecular flexibility index (Phi) is 5.00. The van der Waals surface area contributed by atoms with Gasteiger partial charge < -0.3 is 16.4 Å². The van der Waals surface area contributed by atoms with Crippen LogP contribution in [0.2, 0.25) is 0 Å². The maximum Gasteiger partial charge on any atom is 0.312 e. The lowest BCUT2D eigenvalue weighted by atomic mass is 9.92. The molecule has 0 spiro atoms. The van der Waals surface area contributed by atoms with Crippen molar-refractivity contribution in [1.82, 2.24) is 20.3 Å². The van der Waals surface area contributed by atoms with Crippen molar-refractivity contribution in [1.29, 1.82) is 5.26 Å². The van der Waals surface area contributed by atoms with E-state index in [4.69, 9.17) is 11.0 Å². The fourth-order valence-electron chi connectivity index (χ4n) is 2.70. The van der Waals surface area contributed by atoms with Crippen LogP contribution in [0.3, 0.4) is 0 Å². The Morgan fingerprint density at radius 1 is 1.32 bits per heavy atom. The van der Waals surface area contributed by atoms with Crippen molar-refractivity contribution < 1.29 is 13.6 Å². The number of primary amides is 1. The van der Waals surface area contributed by atoms with Gasteiger partial charge in [-0.15, -0.1) is 0 Å². The molecule has 10 heteroatoms. The number of nitriles is 1. The van der Waals surface area contributed by atoms with Gasteiger partial charge in [-0.1, -0.05) is 0 Å². The first kappa shape index (κ1) is 18.9. The van der Waals surface area contributed by atoms with Gasteiger partial charge in [-0.2, -0.15) is 5.26 Å². The van der Waals surface area contributed by atoms with Crippen molar-refractivity contribution in [3.63, 3.8) is 0 Å². The molecular weight excluding hydrogens is 368 g/mol. The van der Waals surface area contributed by atoms with Crippen LogP contribution in [0.25, 0.3) is 11.0 Å². The molecule has 4 N–H and O–H groups in total. The molecule has 2 heterocycles. The first-order valence-corrected chi connectivity index (χ1v) is 8.08. The summed E-state index contributed by atoms with van der Waals surface area (Å²) in [4.78, 5) is 23.6. The minimum atomic E-state index is -1.64. The zero-order chi connectivity index (χ0) is 20.3. The molecule has 0 bridgehead atoms. The fourth-order valence-corrected chi connectivity index (χ4v) is 2.70. The van der Waals surface area contributed by atoms with E-state index in [1.807, 2.05) is 6.07 Å². The van der Waals surface area contributed by atoms with Crippen molar-refractivity contribution in [2.45, 2.75) is 12.5 Å². The van der Waals surface area contributed by atoms with E-state index < -0.39 is 24.1 Å². The maximum absolute atomic E-state index is 14.3. The number of rotatable bonds is 5. The number of fused-ring (bicyclic) bond motifs is 1. The van der Waals surface area contributed by atoms with Gasteiger partial charge in [-0.25, -0.2) is 28.5 Å². The molecule has 1 aromatic carbocycles. The highest BCUT2D eigenvalue weighted by Crippen LogP contribution is 2.29. The van der Waals surface area contributed by atoms with Gasteiger partial charge in [0, 0.05) is 17.4 Å². The fraction of sp³-hybridized carbons (Fsp3) is 0.167. The van der Waals surface area contributed by atoms with Gasteiger partial charge >= 0.3 is 6.03 Å². The molecule has 3 rings (SSSR count). The number of halogens is 2. The zero-order valence-electron chi connectivity index (χ0n) is 14.7. The Morgan fingerprint density at radius 3 is 2.79 bits per heavy atom. The lowest BCUT2D eigenvalue weighted by Crippen LogP contribution is -2.48. The summed E-state index contributed by atoms with van der Waals surface area (Å²) in [5, 5.41) is 14.2. The van der Waals surface area contributed by atoms with Crippen LogP contribution in [0.4, 0.5) is 25.1 Å². The van der Waals surface area contributed by atoms with E-state index in [0.717, 1.165) is 6.07 Å². The third kappa shape index (κ3) is 3.64. The van der Waals surface area contributed by atoms with E-state index in [9.17, 15) is 13.6 Å². The van der Waals surface area contributed by atoms with Crippen molar-refractivity contribution in [3.8, 4) is 6.07 Å². The minimum Gasteiger partial charge on any atom is -0.352 e. The number of aromatic nitrogens is 3. The number of nitrogens with two attached hydrogens (primary N) is 1. The van der Waals surface area contributed by atoms with Gasteiger partial charge in [0.15, 0.2) is 5.82 Å². The van der Waals surface area contributed by atoms with Crippen LogP contribution in [0.1, 0.15) is 18.1 Å². The van der Waals surface area contributed by atoms with E-state index in [2.05, 4.69) is 25.6 Å². The summed E-state index contributed by atoms with van der Waals surface area (Å²) in [6, 6.07) is 6.48. The van der Waals surface area contributed by atoms with Crippen molar-refractivity contribution in [2.75, 3.05) is 12.0 Å². The van der Waals surface area contributed by atoms with E-state index in [0.29, 0.717) is 28.1 Å². The predicted molar refractivity (Wildman–Crippen MR) is 97.8 cm³/mol. The van der Waals surface area contributed by atoms with Crippen LogP contribution >= 0.6 is 0 Å². The normalized spacial score (nSPS) is 12.8. The Labute approximate surface area is 158 Å². The molecule has 8 nitrogen and oxygen atoms in total. The number of urea groups is 1. The summed E-state index contributed by atoms with van der Waals surface area (Å²) in [6.45, 7) is 0.260. The summed E-state index contributed by atoms with van der Waals surface area (Å²) in [7, 11) is 0. The predicted octanol–water partition coefficient (Wildman–Crippen LogP) is 2.63. The smallest absolute Gasteiger partial charge is 0.312 e. The minimum absolute atomic E-state index is 0.0862. The van der Waals surface area contributed by atoms with Crippen LogP contribution in [0.15, 0.2) is 36.8 Å². The average molecular weight is 383 g/mol. The number of amides is 2. The molecule has 0 radical (unpaired) electrons. The number of hydrogen-bond donors (Lipinski definition) is 3. The molecular formula is C18H15F2N7O. The molecule has 0 aliphatic heterocycles. The molecule has 142 valence electrons. The standard InChI is InChI=1S/C18H15F2N7O/c1-18(8-19,27-17(22)28)12-5-11(2-3-13(12)20)26-16-15-14(24-9-25-16)4-10(6-21)7-23-15/h2-5,7,9H,8H2,1H3,(H3,22,27,28)(H,24,25,26)/t18-/m1/s1. The quantitative estimate of drug-likeness (QED) is 0.621. The summed E-state index contributed by atoms with van der Waals surface area (Å²) in [5.74, 6) is -0.388. The third-order valence-corrected chi connectivity index (χ3v) is 4.09. The molecule has 0 aliphatic rings. The molecule has 2 aromatic heterocycles. The monoisotopic (exact) mass is 383 g/mol. The second-order valence-electron chi connectivity index (χ2n) is 6.20. The molecule has 0 fully saturated rings. The number of alkyl halides is 1. The Morgan fingerprint density at radius 2 is 2.11 bits per heavy atom. The Bertz CT molecular complexity index is 1100. The maximum atomic E-state index is 14.3. The number of carbonyl (C=O) groups excluding carboxylic acids is 1. The zero-order valence-corrected chi connectivity index (χ0v) is 14.7. The van der Waals surface area contributed by atoms with Crippen LogP contribution in [0.5, 0.6) is 0 Å². The van der Waals surface area contributed by atoms with Crippen molar-refractivity contribution >= 4 is 28.6 Å². The van der Waals surface area contributed by atoms with E-state index in [-0.39, 0.29) is 5.56 Å². The Balaban J connectivity index is 2.02.